The van der Waals surface area contributed by atoms with Gasteiger partial charge in [-0.1, -0.05) is 35.9 Å². The molecule has 2 aromatic carbocycles. The second kappa shape index (κ2) is 9.29. The lowest BCUT2D eigenvalue weighted by Crippen LogP contribution is -2.32. The summed E-state index contributed by atoms with van der Waals surface area (Å²) in [5, 5.41) is 2.65. The number of carbonyl (C=O) groups is 2. The van der Waals surface area contributed by atoms with Crippen LogP contribution in [-0.4, -0.2) is 32.9 Å². The molecule has 1 atom stereocenters. The summed E-state index contributed by atoms with van der Waals surface area (Å²) >= 11 is 0. The molecule has 2 aromatic rings. The van der Waals surface area contributed by atoms with Gasteiger partial charge in [0.1, 0.15) is 0 Å². The van der Waals surface area contributed by atoms with Crippen molar-refractivity contribution < 1.29 is 22.7 Å². The van der Waals surface area contributed by atoms with Crippen LogP contribution in [0.3, 0.4) is 0 Å². The quantitative estimate of drug-likeness (QED) is 0.673. The van der Waals surface area contributed by atoms with E-state index in [1.165, 1.54) is 19.1 Å². The fraction of sp³-hybridized carbons (Fsp3) is 0.263. The van der Waals surface area contributed by atoms with E-state index in [1.807, 2.05) is 19.1 Å². The van der Waals surface area contributed by atoms with Crippen molar-refractivity contribution in [2.75, 3.05) is 11.9 Å². The Morgan fingerprint density at radius 1 is 1.04 bits per heavy atom. The zero-order chi connectivity index (χ0) is 19.9. The molecule has 0 spiro atoms. The second-order valence-electron chi connectivity index (χ2n) is 5.95. The van der Waals surface area contributed by atoms with Gasteiger partial charge in [-0.15, -0.1) is 0 Å². The topological polar surface area (TPSA) is 102 Å². The number of benzene rings is 2. The van der Waals surface area contributed by atoms with Crippen molar-refractivity contribution in [2.24, 2.45) is 0 Å². The highest BCUT2D eigenvalue weighted by molar-refractivity contribution is 7.89. The third kappa shape index (κ3) is 6.50. The predicted molar refractivity (Wildman–Crippen MR) is 102 cm³/mol. The normalized spacial score (nSPS) is 12.2. The minimum absolute atomic E-state index is 0.115. The van der Waals surface area contributed by atoms with Gasteiger partial charge >= 0.3 is 5.97 Å². The molecular weight excluding hydrogens is 368 g/mol. The van der Waals surface area contributed by atoms with Crippen molar-refractivity contribution >= 4 is 27.6 Å². The Morgan fingerprint density at radius 2 is 1.67 bits per heavy atom. The number of esters is 1. The summed E-state index contributed by atoms with van der Waals surface area (Å²) in [6.07, 6.45) is -1.18. The number of sulfonamides is 1. The molecule has 2 rings (SSSR count). The molecule has 0 radical (unpaired) electrons. The molecule has 0 saturated carbocycles. The van der Waals surface area contributed by atoms with Crippen LogP contribution in [0.2, 0.25) is 0 Å². The molecule has 0 bridgehead atoms. The van der Waals surface area contributed by atoms with Crippen molar-refractivity contribution in [1.82, 2.24) is 4.72 Å². The molecule has 2 N–H and O–H groups in total. The van der Waals surface area contributed by atoms with Gasteiger partial charge in [0.2, 0.25) is 10.0 Å². The number of nitrogens with one attached hydrogen (secondary N) is 2. The maximum atomic E-state index is 12.1. The Morgan fingerprint density at radius 3 is 2.30 bits per heavy atom. The van der Waals surface area contributed by atoms with Crippen LogP contribution in [0.15, 0.2) is 59.5 Å². The first kappa shape index (κ1) is 20.6. The molecule has 144 valence electrons. The maximum Gasteiger partial charge on any atom is 0.307 e. The molecule has 0 aliphatic heterocycles. The third-order valence-electron chi connectivity index (χ3n) is 3.67. The lowest BCUT2D eigenvalue weighted by atomic mass is 10.2. The van der Waals surface area contributed by atoms with Crippen molar-refractivity contribution in [3.8, 4) is 0 Å². The summed E-state index contributed by atoms with van der Waals surface area (Å²) in [7, 11) is -3.68. The fourth-order valence-corrected chi connectivity index (χ4v) is 3.21. The van der Waals surface area contributed by atoms with Gasteiger partial charge in [-0.05, 0) is 38.1 Å². The Kier molecular flexibility index (Phi) is 7.09. The second-order valence-corrected chi connectivity index (χ2v) is 7.72. The van der Waals surface area contributed by atoms with Crippen LogP contribution in [-0.2, 0) is 24.3 Å². The minimum atomic E-state index is -3.68. The first-order valence-corrected chi connectivity index (χ1v) is 9.88. The van der Waals surface area contributed by atoms with Gasteiger partial charge in [0.05, 0.1) is 11.3 Å². The fourth-order valence-electron chi connectivity index (χ4n) is 2.16. The summed E-state index contributed by atoms with van der Waals surface area (Å²) in [4.78, 5) is 24.0. The Hall–Kier alpha value is -2.71. The van der Waals surface area contributed by atoms with Crippen LogP contribution in [0.5, 0.6) is 0 Å². The van der Waals surface area contributed by atoms with Gasteiger partial charge in [0.25, 0.3) is 5.91 Å². The van der Waals surface area contributed by atoms with Gasteiger partial charge < -0.3 is 10.1 Å². The molecule has 0 aliphatic carbocycles. The number of amides is 1. The van der Waals surface area contributed by atoms with Crippen LogP contribution in [0, 0.1) is 6.92 Å². The van der Waals surface area contributed by atoms with Crippen LogP contribution in [0.4, 0.5) is 5.69 Å². The van der Waals surface area contributed by atoms with E-state index in [2.05, 4.69) is 10.0 Å². The zero-order valence-electron chi connectivity index (χ0n) is 15.1. The SMILES string of the molecule is Cc1ccc(NC(=O)C(C)OC(=O)CCNS(=O)(=O)c2ccccc2)cc1. The van der Waals surface area contributed by atoms with E-state index in [-0.39, 0.29) is 17.9 Å². The Bertz CT molecular complexity index is 880. The van der Waals surface area contributed by atoms with Gasteiger partial charge in [-0.25, -0.2) is 13.1 Å². The van der Waals surface area contributed by atoms with E-state index in [4.69, 9.17) is 4.74 Å². The molecule has 1 unspecified atom stereocenters. The maximum absolute atomic E-state index is 12.1. The van der Waals surface area contributed by atoms with Gasteiger partial charge in [-0.2, -0.15) is 0 Å². The van der Waals surface area contributed by atoms with Gasteiger partial charge in [-0.3, -0.25) is 9.59 Å². The van der Waals surface area contributed by atoms with Crippen LogP contribution in [0.25, 0.3) is 0 Å². The number of anilines is 1. The molecule has 0 heterocycles. The molecule has 1 amide bonds. The number of hydrogen-bond donors (Lipinski definition) is 2. The van der Waals surface area contributed by atoms with Gasteiger partial charge in [0.15, 0.2) is 6.10 Å². The monoisotopic (exact) mass is 390 g/mol. The lowest BCUT2D eigenvalue weighted by molar-refractivity contribution is -0.152. The first-order chi connectivity index (χ1) is 12.8. The summed E-state index contributed by atoms with van der Waals surface area (Å²) < 4.78 is 31.5. The van der Waals surface area contributed by atoms with Crippen molar-refractivity contribution in [3.05, 3.63) is 60.2 Å². The van der Waals surface area contributed by atoms with Gasteiger partial charge in [0, 0.05) is 12.2 Å². The first-order valence-electron chi connectivity index (χ1n) is 8.39. The number of aryl methyl sites for hydroxylation is 1. The molecule has 8 heteroatoms. The van der Waals surface area contributed by atoms with Crippen molar-refractivity contribution in [3.63, 3.8) is 0 Å². The summed E-state index contributed by atoms with van der Waals surface area (Å²) in [5.41, 5.74) is 1.66. The van der Waals surface area contributed by atoms with Crippen molar-refractivity contribution in [1.29, 1.82) is 0 Å². The highest BCUT2D eigenvalue weighted by Gasteiger charge is 2.19. The summed E-state index contributed by atoms with van der Waals surface area (Å²) in [5.74, 6) is -1.13. The highest BCUT2D eigenvalue weighted by atomic mass is 32.2. The number of hydrogen-bond acceptors (Lipinski definition) is 5. The molecule has 0 aromatic heterocycles. The average Bonchev–Trinajstić information content (AvgIpc) is 2.64. The van der Waals surface area contributed by atoms with Crippen LogP contribution in [0.1, 0.15) is 18.9 Å². The molecular formula is C19H22N2O5S. The summed E-state index contributed by atoms with van der Waals surface area (Å²) in [6.45, 7) is 3.26. The average molecular weight is 390 g/mol. The predicted octanol–water partition coefficient (Wildman–Crippen LogP) is 2.23. The van der Waals surface area contributed by atoms with E-state index >= 15 is 0 Å². The Labute approximate surface area is 158 Å². The number of rotatable bonds is 8. The zero-order valence-corrected chi connectivity index (χ0v) is 16.0. The van der Waals surface area contributed by atoms with Crippen LogP contribution >= 0.6 is 0 Å². The van der Waals surface area contributed by atoms with E-state index in [1.54, 1.807) is 30.3 Å². The van der Waals surface area contributed by atoms with Crippen LogP contribution < -0.4 is 10.0 Å². The van der Waals surface area contributed by atoms with E-state index in [0.717, 1.165) is 5.56 Å². The minimum Gasteiger partial charge on any atom is -0.452 e. The van der Waals surface area contributed by atoms with E-state index in [9.17, 15) is 18.0 Å². The molecule has 0 saturated heterocycles. The molecule has 0 aliphatic rings. The lowest BCUT2D eigenvalue weighted by Gasteiger charge is -2.14. The number of ether oxygens (including phenoxy) is 1. The third-order valence-corrected chi connectivity index (χ3v) is 5.15. The highest BCUT2D eigenvalue weighted by Crippen LogP contribution is 2.10. The number of carbonyl (C=O) groups excluding carboxylic acids is 2. The molecule has 0 fully saturated rings. The Balaban J connectivity index is 1.77. The van der Waals surface area contributed by atoms with E-state index < -0.39 is 28.0 Å². The smallest absolute Gasteiger partial charge is 0.307 e. The van der Waals surface area contributed by atoms with E-state index in [0.29, 0.717) is 5.69 Å². The molecule has 7 nitrogen and oxygen atoms in total. The largest absolute Gasteiger partial charge is 0.452 e. The summed E-state index contributed by atoms with van der Waals surface area (Å²) in [6, 6.07) is 15.0. The van der Waals surface area contributed by atoms with Crippen molar-refractivity contribution in [2.45, 2.75) is 31.3 Å². The standard InChI is InChI=1S/C19H22N2O5S/c1-14-8-10-16(11-9-14)21-19(23)15(2)26-18(22)12-13-20-27(24,25)17-6-4-3-5-7-17/h3-11,15,20H,12-13H2,1-2H3,(H,21,23). The molecule has 27 heavy (non-hydrogen) atoms.